The molecule has 144 valence electrons. The maximum Gasteiger partial charge on any atom is 0.326 e. The second-order valence-corrected chi connectivity index (χ2v) is 5.53. The van der Waals surface area contributed by atoms with Crippen molar-refractivity contribution >= 4 is 17.6 Å². The summed E-state index contributed by atoms with van der Waals surface area (Å²) < 4.78 is 15.8. The average Bonchev–Trinajstić information content (AvgIpc) is 2.68. The molecule has 0 aliphatic carbocycles. The van der Waals surface area contributed by atoms with Gasteiger partial charge in [-0.1, -0.05) is 19.4 Å². The number of anilines is 1. The summed E-state index contributed by atoms with van der Waals surface area (Å²) in [7, 11) is 2.86. The second kappa shape index (κ2) is 10.0. The Bertz CT molecular complexity index is 755. The molecule has 3 amide bonds. The van der Waals surface area contributed by atoms with E-state index in [1.54, 1.807) is 30.3 Å². The first-order valence-corrected chi connectivity index (χ1v) is 8.51. The Labute approximate surface area is 157 Å². The number of unbranched alkanes of at least 4 members (excludes halogenated alkanes) is 1. The molecule has 0 unspecified atom stereocenters. The highest BCUT2D eigenvalue weighted by atomic mass is 16.5. The fraction of sp³-hybridized carbons (Fsp3) is 0.316. The van der Waals surface area contributed by atoms with E-state index in [9.17, 15) is 9.59 Å². The van der Waals surface area contributed by atoms with Crippen LogP contribution in [0.1, 0.15) is 30.1 Å². The molecule has 0 bridgehead atoms. The zero-order valence-electron chi connectivity index (χ0n) is 15.6. The van der Waals surface area contributed by atoms with Gasteiger partial charge < -0.3 is 19.5 Å². The number of carbonyl (C=O) groups excluding carboxylic acids is 2. The number of nitrogens with one attached hydrogen (secondary N) is 2. The molecule has 2 aromatic rings. The van der Waals surface area contributed by atoms with Crippen molar-refractivity contribution in [2.45, 2.75) is 19.8 Å². The van der Waals surface area contributed by atoms with Crippen molar-refractivity contribution in [3.8, 4) is 17.4 Å². The molecule has 0 spiro atoms. The van der Waals surface area contributed by atoms with Gasteiger partial charge in [0.1, 0.15) is 17.1 Å². The van der Waals surface area contributed by atoms with E-state index in [0.717, 1.165) is 12.8 Å². The Morgan fingerprint density at radius 2 is 1.78 bits per heavy atom. The van der Waals surface area contributed by atoms with Crippen molar-refractivity contribution in [3.63, 3.8) is 0 Å². The molecule has 0 saturated heterocycles. The van der Waals surface area contributed by atoms with Gasteiger partial charge in [-0.2, -0.15) is 0 Å². The summed E-state index contributed by atoms with van der Waals surface area (Å²) >= 11 is 0. The van der Waals surface area contributed by atoms with Crippen molar-refractivity contribution < 1.29 is 23.8 Å². The molecule has 2 N–H and O–H groups in total. The number of ether oxygens (including phenoxy) is 3. The number of methoxy groups -OCH3 is 2. The van der Waals surface area contributed by atoms with Gasteiger partial charge >= 0.3 is 6.03 Å². The lowest BCUT2D eigenvalue weighted by molar-refractivity contribution is 0.0961. The number of rotatable bonds is 8. The molecule has 0 radical (unpaired) electrons. The van der Waals surface area contributed by atoms with Crippen LogP contribution < -0.4 is 24.8 Å². The van der Waals surface area contributed by atoms with E-state index >= 15 is 0 Å². The van der Waals surface area contributed by atoms with Crippen LogP contribution in [0.4, 0.5) is 10.5 Å². The monoisotopic (exact) mass is 373 g/mol. The van der Waals surface area contributed by atoms with Gasteiger partial charge in [-0.25, -0.2) is 9.78 Å². The predicted octanol–water partition coefficient (Wildman–Crippen LogP) is 3.24. The molecule has 1 aromatic carbocycles. The highest BCUT2D eigenvalue weighted by molar-refractivity contribution is 6.10. The van der Waals surface area contributed by atoms with Gasteiger partial charge in [-0.15, -0.1) is 0 Å². The first-order valence-electron chi connectivity index (χ1n) is 8.51. The summed E-state index contributed by atoms with van der Waals surface area (Å²) in [5.74, 6) is 0.434. The number of nitrogens with zero attached hydrogens (tertiary/aromatic N) is 1. The molecule has 1 heterocycles. The maximum atomic E-state index is 12.4. The van der Waals surface area contributed by atoms with Gasteiger partial charge in [-0.05, 0) is 24.6 Å². The standard InChI is InChI=1S/C19H23N3O5/c1-4-5-11-27-16-10-9-13(12-20-16)21-19(24)22-18(23)17-14(25-2)7-6-8-15(17)26-3/h6-10,12H,4-5,11H2,1-3H3,(H2,21,22,23,24). The lowest BCUT2D eigenvalue weighted by atomic mass is 10.1. The van der Waals surface area contributed by atoms with E-state index in [1.807, 2.05) is 0 Å². The number of pyridine rings is 1. The molecule has 8 heteroatoms. The van der Waals surface area contributed by atoms with Crippen LogP contribution in [-0.4, -0.2) is 37.7 Å². The van der Waals surface area contributed by atoms with Crippen LogP contribution in [0.25, 0.3) is 0 Å². The third-order valence-electron chi connectivity index (χ3n) is 3.62. The first-order chi connectivity index (χ1) is 13.1. The third-order valence-corrected chi connectivity index (χ3v) is 3.62. The van der Waals surface area contributed by atoms with Crippen LogP contribution in [0.15, 0.2) is 36.5 Å². The largest absolute Gasteiger partial charge is 0.496 e. The first kappa shape index (κ1) is 20.0. The second-order valence-electron chi connectivity index (χ2n) is 5.53. The highest BCUT2D eigenvalue weighted by Gasteiger charge is 2.20. The number of hydrogen-bond donors (Lipinski definition) is 2. The van der Waals surface area contributed by atoms with E-state index in [1.165, 1.54) is 20.4 Å². The van der Waals surface area contributed by atoms with E-state index in [0.29, 0.717) is 29.7 Å². The summed E-state index contributed by atoms with van der Waals surface area (Å²) in [6.45, 7) is 2.66. The summed E-state index contributed by atoms with van der Waals surface area (Å²) in [4.78, 5) is 28.7. The third kappa shape index (κ3) is 5.60. The number of aromatic nitrogens is 1. The Morgan fingerprint density at radius 1 is 1.07 bits per heavy atom. The smallest absolute Gasteiger partial charge is 0.326 e. The van der Waals surface area contributed by atoms with E-state index in [-0.39, 0.29) is 5.56 Å². The molecule has 2 rings (SSSR count). The molecule has 0 atom stereocenters. The Hall–Kier alpha value is -3.29. The van der Waals surface area contributed by atoms with Crippen molar-refractivity contribution in [2.24, 2.45) is 0 Å². The molecular weight excluding hydrogens is 350 g/mol. The van der Waals surface area contributed by atoms with Crippen molar-refractivity contribution in [3.05, 3.63) is 42.1 Å². The van der Waals surface area contributed by atoms with E-state index in [2.05, 4.69) is 22.5 Å². The summed E-state index contributed by atoms with van der Waals surface area (Å²) in [5.41, 5.74) is 0.561. The van der Waals surface area contributed by atoms with E-state index < -0.39 is 11.9 Å². The zero-order valence-corrected chi connectivity index (χ0v) is 15.6. The summed E-state index contributed by atoms with van der Waals surface area (Å²) in [6, 6.07) is 7.49. The number of amides is 3. The van der Waals surface area contributed by atoms with Gasteiger partial charge in [0.25, 0.3) is 5.91 Å². The number of urea groups is 1. The quantitative estimate of drug-likeness (QED) is 0.689. The van der Waals surface area contributed by atoms with Gasteiger partial charge in [0.15, 0.2) is 0 Å². The van der Waals surface area contributed by atoms with Gasteiger partial charge in [0.05, 0.1) is 32.7 Å². The number of hydrogen-bond acceptors (Lipinski definition) is 6. The van der Waals surface area contributed by atoms with Crippen LogP contribution in [0.3, 0.4) is 0 Å². The molecule has 0 aliphatic rings. The molecular formula is C19H23N3O5. The predicted molar refractivity (Wildman–Crippen MR) is 101 cm³/mol. The Kier molecular flexibility index (Phi) is 7.42. The van der Waals surface area contributed by atoms with Gasteiger partial charge in [0.2, 0.25) is 5.88 Å². The van der Waals surface area contributed by atoms with Crippen LogP contribution in [-0.2, 0) is 0 Å². The lowest BCUT2D eigenvalue weighted by Crippen LogP contribution is -2.34. The molecule has 0 aliphatic heterocycles. The Balaban J connectivity index is 1.98. The maximum absolute atomic E-state index is 12.4. The molecule has 0 saturated carbocycles. The minimum absolute atomic E-state index is 0.135. The minimum atomic E-state index is -0.700. The Morgan fingerprint density at radius 3 is 2.33 bits per heavy atom. The van der Waals surface area contributed by atoms with Crippen LogP contribution in [0.2, 0.25) is 0 Å². The number of benzene rings is 1. The van der Waals surface area contributed by atoms with E-state index in [4.69, 9.17) is 14.2 Å². The van der Waals surface area contributed by atoms with Crippen molar-refractivity contribution in [2.75, 3.05) is 26.1 Å². The molecule has 0 fully saturated rings. The molecule has 1 aromatic heterocycles. The topological polar surface area (TPSA) is 98.8 Å². The van der Waals surface area contributed by atoms with Crippen LogP contribution >= 0.6 is 0 Å². The van der Waals surface area contributed by atoms with Crippen molar-refractivity contribution in [1.82, 2.24) is 10.3 Å². The van der Waals surface area contributed by atoms with Gasteiger partial charge in [-0.3, -0.25) is 10.1 Å². The zero-order chi connectivity index (χ0) is 19.6. The highest BCUT2D eigenvalue weighted by Crippen LogP contribution is 2.27. The fourth-order valence-corrected chi connectivity index (χ4v) is 2.26. The number of carbonyl (C=O) groups is 2. The number of imide groups is 1. The summed E-state index contributed by atoms with van der Waals surface area (Å²) in [6.07, 6.45) is 3.43. The van der Waals surface area contributed by atoms with Crippen molar-refractivity contribution in [1.29, 1.82) is 0 Å². The normalized spacial score (nSPS) is 10.0. The average molecular weight is 373 g/mol. The summed E-state index contributed by atoms with van der Waals surface area (Å²) in [5, 5.41) is 4.78. The minimum Gasteiger partial charge on any atom is -0.496 e. The molecule has 8 nitrogen and oxygen atoms in total. The molecule has 27 heavy (non-hydrogen) atoms. The van der Waals surface area contributed by atoms with Gasteiger partial charge in [0, 0.05) is 6.07 Å². The lowest BCUT2D eigenvalue weighted by Gasteiger charge is -2.13. The van der Waals surface area contributed by atoms with Crippen LogP contribution in [0.5, 0.6) is 17.4 Å². The fourth-order valence-electron chi connectivity index (χ4n) is 2.26. The van der Waals surface area contributed by atoms with Crippen LogP contribution in [0, 0.1) is 0 Å². The SMILES string of the molecule is CCCCOc1ccc(NC(=O)NC(=O)c2c(OC)cccc2OC)cn1.